The topological polar surface area (TPSA) is 128 Å². The van der Waals surface area contributed by atoms with Gasteiger partial charge in [-0.3, -0.25) is 19.7 Å². The number of benzene rings is 2. The predicted octanol–water partition coefficient (Wildman–Crippen LogP) is 5.94. The van der Waals surface area contributed by atoms with E-state index in [9.17, 15) is 24.5 Å². The Morgan fingerprint density at radius 2 is 1.95 bits per heavy atom. The van der Waals surface area contributed by atoms with Crippen LogP contribution < -0.4 is 10.6 Å². The van der Waals surface area contributed by atoms with Crippen LogP contribution in [0, 0.1) is 16.0 Å². The maximum absolute atomic E-state index is 12.8. The highest BCUT2D eigenvalue weighted by Gasteiger charge is 2.29. The zero-order valence-electron chi connectivity index (χ0n) is 20.9. The van der Waals surface area contributed by atoms with Gasteiger partial charge in [0.05, 0.1) is 22.8 Å². The van der Waals surface area contributed by atoms with E-state index >= 15 is 0 Å². The second kappa shape index (κ2) is 12.2. The summed E-state index contributed by atoms with van der Waals surface area (Å²) in [5.74, 6) is -0.507. The SMILES string of the molecule is CCOC(=O)c1c(NC(=O)CSc2cccc(NC(=O)c3cccc([N+](=O)[O-])c3)c2)sc2c1CCC(C)C2. The van der Waals surface area contributed by atoms with E-state index in [0.717, 1.165) is 34.6 Å². The predicted molar refractivity (Wildman–Crippen MR) is 148 cm³/mol. The highest BCUT2D eigenvalue weighted by Crippen LogP contribution is 2.40. The smallest absolute Gasteiger partial charge is 0.341 e. The first-order chi connectivity index (χ1) is 18.2. The molecule has 2 amide bonds. The van der Waals surface area contributed by atoms with Crippen LogP contribution >= 0.6 is 23.1 Å². The van der Waals surface area contributed by atoms with Crippen molar-refractivity contribution in [3.63, 3.8) is 0 Å². The molecule has 0 radical (unpaired) electrons. The quantitative estimate of drug-likeness (QED) is 0.145. The molecule has 0 bridgehead atoms. The van der Waals surface area contributed by atoms with Crippen LogP contribution in [0.1, 0.15) is 51.4 Å². The number of ether oxygens (including phenoxy) is 1. The molecule has 11 heteroatoms. The highest BCUT2D eigenvalue weighted by atomic mass is 32.2. The van der Waals surface area contributed by atoms with Gasteiger partial charge in [0, 0.05) is 33.2 Å². The third-order valence-electron chi connectivity index (χ3n) is 6.03. The number of fused-ring (bicyclic) bond motifs is 1. The maximum atomic E-state index is 12.8. The van der Waals surface area contributed by atoms with Crippen molar-refractivity contribution < 1.29 is 24.0 Å². The Kier molecular flexibility index (Phi) is 8.80. The molecule has 1 atom stereocenters. The van der Waals surface area contributed by atoms with Gasteiger partial charge in [0.1, 0.15) is 5.00 Å². The molecule has 0 fully saturated rings. The second-order valence-electron chi connectivity index (χ2n) is 8.90. The first kappa shape index (κ1) is 27.3. The minimum atomic E-state index is -0.555. The van der Waals surface area contributed by atoms with Gasteiger partial charge in [-0.1, -0.05) is 19.1 Å². The van der Waals surface area contributed by atoms with Crippen LogP contribution in [0.3, 0.4) is 0 Å². The summed E-state index contributed by atoms with van der Waals surface area (Å²) < 4.78 is 5.27. The van der Waals surface area contributed by atoms with E-state index in [0.29, 0.717) is 22.2 Å². The summed E-state index contributed by atoms with van der Waals surface area (Å²) in [7, 11) is 0. The number of non-ortho nitro benzene ring substituents is 1. The molecule has 1 heterocycles. The minimum Gasteiger partial charge on any atom is -0.462 e. The molecule has 2 N–H and O–H groups in total. The number of amides is 2. The Balaban J connectivity index is 1.40. The zero-order chi connectivity index (χ0) is 27.2. The lowest BCUT2D eigenvalue weighted by atomic mass is 9.88. The van der Waals surface area contributed by atoms with Crippen LogP contribution in [-0.4, -0.2) is 35.1 Å². The second-order valence-corrected chi connectivity index (χ2v) is 11.1. The van der Waals surface area contributed by atoms with E-state index in [1.54, 1.807) is 25.1 Å². The molecule has 0 spiro atoms. The third kappa shape index (κ3) is 6.59. The van der Waals surface area contributed by atoms with E-state index in [-0.39, 0.29) is 29.5 Å². The Morgan fingerprint density at radius 1 is 1.16 bits per heavy atom. The van der Waals surface area contributed by atoms with E-state index < -0.39 is 16.8 Å². The van der Waals surface area contributed by atoms with Crippen molar-refractivity contribution in [3.05, 3.63) is 80.2 Å². The molecule has 2 aromatic carbocycles. The highest BCUT2D eigenvalue weighted by molar-refractivity contribution is 8.00. The number of nitrogens with zero attached hydrogens (tertiary/aromatic N) is 1. The summed E-state index contributed by atoms with van der Waals surface area (Å²) in [5, 5.41) is 17.2. The van der Waals surface area contributed by atoms with Gasteiger partial charge in [-0.15, -0.1) is 23.1 Å². The maximum Gasteiger partial charge on any atom is 0.341 e. The summed E-state index contributed by atoms with van der Waals surface area (Å²) in [5.41, 5.74) is 1.96. The molecular formula is C27H27N3O6S2. The number of thiophene rings is 1. The minimum absolute atomic E-state index is 0.101. The summed E-state index contributed by atoms with van der Waals surface area (Å²) in [6.07, 6.45) is 2.67. The van der Waals surface area contributed by atoms with Gasteiger partial charge in [0.25, 0.3) is 11.6 Å². The molecule has 198 valence electrons. The number of anilines is 2. The number of hydrogen-bond donors (Lipinski definition) is 2. The van der Waals surface area contributed by atoms with Crippen LogP contribution in [0.4, 0.5) is 16.4 Å². The molecule has 38 heavy (non-hydrogen) atoms. The fraction of sp³-hybridized carbons (Fsp3) is 0.296. The zero-order valence-corrected chi connectivity index (χ0v) is 22.6. The summed E-state index contributed by atoms with van der Waals surface area (Å²) in [4.78, 5) is 50.4. The van der Waals surface area contributed by atoms with Crippen LogP contribution in [0.25, 0.3) is 0 Å². The summed E-state index contributed by atoms with van der Waals surface area (Å²) in [6, 6.07) is 12.5. The van der Waals surface area contributed by atoms with Crippen LogP contribution in [0.5, 0.6) is 0 Å². The van der Waals surface area contributed by atoms with Crippen LogP contribution in [0.15, 0.2) is 53.4 Å². The van der Waals surface area contributed by atoms with Gasteiger partial charge < -0.3 is 15.4 Å². The molecule has 1 unspecified atom stereocenters. The van der Waals surface area contributed by atoms with Gasteiger partial charge in [-0.25, -0.2) is 4.79 Å². The Labute approximate surface area is 228 Å². The molecule has 0 aliphatic heterocycles. The fourth-order valence-electron chi connectivity index (χ4n) is 4.20. The van der Waals surface area contributed by atoms with Crippen molar-refractivity contribution in [2.24, 2.45) is 5.92 Å². The molecule has 1 aromatic heterocycles. The average molecular weight is 554 g/mol. The molecule has 0 saturated carbocycles. The van der Waals surface area contributed by atoms with Crippen molar-refractivity contribution in [1.82, 2.24) is 0 Å². The van der Waals surface area contributed by atoms with Gasteiger partial charge in [-0.2, -0.15) is 0 Å². The fourth-order valence-corrected chi connectivity index (χ4v) is 6.37. The van der Waals surface area contributed by atoms with Crippen molar-refractivity contribution >= 4 is 57.3 Å². The summed E-state index contributed by atoms with van der Waals surface area (Å²) in [6.45, 7) is 4.20. The molecule has 9 nitrogen and oxygen atoms in total. The first-order valence-electron chi connectivity index (χ1n) is 12.1. The molecule has 0 saturated heterocycles. The summed E-state index contributed by atoms with van der Waals surface area (Å²) >= 11 is 2.73. The third-order valence-corrected chi connectivity index (χ3v) is 8.19. The number of nitro groups is 1. The molecule has 4 rings (SSSR count). The number of nitro benzene ring substituents is 1. The van der Waals surface area contributed by atoms with Crippen LogP contribution in [0.2, 0.25) is 0 Å². The largest absolute Gasteiger partial charge is 0.462 e. The van der Waals surface area contributed by atoms with Gasteiger partial charge >= 0.3 is 5.97 Å². The lowest BCUT2D eigenvalue weighted by molar-refractivity contribution is -0.384. The van der Waals surface area contributed by atoms with Crippen molar-refractivity contribution in [2.75, 3.05) is 23.0 Å². The number of thioether (sulfide) groups is 1. The number of carbonyl (C=O) groups excluding carboxylic acids is 3. The molecule has 3 aromatic rings. The van der Waals surface area contributed by atoms with Crippen molar-refractivity contribution in [3.8, 4) is 0 Å². The first-order valence-corrected chi connectivity index (χ1v) is 14.0. The van der Waals surface area contributed by atoms with E-state index in [1.165, 1.54) is 47.4 Å². The Hall–Kier alpha value is -3.70. The van der Waals surface area contributed by atoms with Gasteiger partial charge in [0.15, 0.2) is 0 Å². The van der Waals surface area contributed by atoms with Crippen molar-refractivity contribution in [1.29, 1.82) is 0 Å². The molecular weight excluding hydrogens is 526 g/mol. The standard InChI is InChI=1S/C27H27N3O6S2/c1-3-36-27(33)24-21-11-10-16(2)12-22(21)38-26(24)29-23(31)15-37-20-9-5-7-18(14-20)28-25(32)17-6-4-8-19(13-17)30(34)35/h4-9,13-14,16H,3,10-12,15H2,1-2H3,(H,28,32)(H,29,31). The monoisotopic (exact) mass is 553 g/mol. The Morgan fingerprint density at radius 3 is 2.71 bits per heavy atom. The van der Waals surface area contributed by atoms with E-state index in [1.807, 2.05) is 6.07 Å². The van der Waals surface area contributed by atoms with Gasteiger partial charge in [-0.05, 0) is 61.9 Å². The van der Waals surface area contributed by atoms with E-state index in [2.05, 4.69) is 17.6 Å². The molecule has 1 aliphatic carbocycles. The number of hydrogen-bond acceptors (Lipinski definition) is 8. The lowest BCUT2D eigenvalue weighted by Crippen LogP contribution is -2.17. The number of carbonyl (C=O) groups is 3. The van der Waals surface area contributed by atoms with Crippen LogP contribution in [-0.2, 0) is 22.4 Å². The lowest BCUT2D eigenvalue weighted by Gasteiger charge is -2.18. The number of esters is 1. The van der Waals surface area contributed by atoms with Gasteiger partial charge in [0.2, 0.25) is 5.91 Å². The average Bonchev–Trinajstić information content (AvgIpc) is 3.24. The number of rotatable bonds is 9. The van der Waals surface area contributed by atoms with E-state index in [4.69, 9.17) is 4.74 Å². The Bertz CT molecular complexity index is 1390. The number of nitrogens with one attached hydrogen (secondary N) is 2. The normalized spacial score (nSPS) is 14.3. The van der Waals surface area contributed by atoms with Crippen molar-refractivity contribution in [2.45, 2.75) is 38.0 Å². The molecule has 1 aliphatic rings.